The predicted octanol–water partition coefficient (Wildman–Crippen LogP) is 4.46. The summed E-state index contributed by atoms with van der Waals surface area (Å²) < 4.78 is 5.76. The first kappa shape index (κ1) is 16.8. The Labute approximate surface area is 134 Å². The van der Waals surface area contributed by atoms with E-state index < -0.39 is 0 Å². The van der Waals surface area contributed by atoms with Crippen molar-refractivity contribution in [1.29, 1.82) is 0 Å². The lowest BCUT2D eigenvalue weighted by Gasteiger charge is -2.21. The highest BCUT2D eigenvalue weighted by Crippen LogP contribution is 2.22. The van der Waals surface area contributed by atoms with Crippen molar-refractivity contribution in [3.05, 3.63) is 34.9 Å². The molecule has 1 N–H and O–H groups in total. The van der Waals surface area contributed by atoms with Gasteiger partial charge >= 0.3 is 0 Å². The van der Waals surface area contributed by atoms with Crippen molar-refractivity contribution in [2.24, 2.45) is 5.92 Å². The minimum absolute atomic E-state index is 0.497. The number of hydrogen-bond donors (Lipinski definition) is 1. The summed E-state index contributed by atoms with van der Waals surface area (Å²) in [6.07, 6.45) is 6.51. The van der Waals surface area contributed by atoms with E-state index in [1.54, 1.807) is 0 Å². The molecular weight excluding hydrogens is 282 g/mol. The molecule has 0 bridgehead atoms. The molecule has 0 saturated carbocycles. The standard InChI is InChI=1S/C18H28ClNO/c1-14(2)20-13-16(7-10-18-4-3-11-21-18)12-15-5-8-17(19)9-6-15/h5-6,8-9,14,16,18,20H,3-4,7,10-13H2,1-2H3. The van der Waals surface area contributed by atoms with E-state index in [1.807, 2.05) is 12.1 Å². The topological polar surface area (TPSA) is 21.3 Å². The van der Waals surface area contributed by atoms with Crippen LogP contribution in [0.3, 0.4) is 0 Å². The highest BCUT2D eigenvalue weighted by Gasteiger charge is 2.18. The first-order chi connectivity index (χ1) is 10.1. The van der Waals surface area contributed by atoms with E-state index in [0.717, 1.165) is 24.6 Å². The van der Waals surface area contributed by atoms with Gasteiger partial charge in [0.2, 0.25) is 0 Å². The van der Waals surface area contributed by atoms with Gasteiger partial charge < -0.3 is 10.1 Å². The molecule has 0 amide bonds. The fraction of sp³-hybridized carbons (Fsp3) is 0.667. The third kappa shape index (κ3) is 6.37. The maximum absolute atomic E-state index is 5.97. The van der Waals surface area contributed by atoms with Crippen LogP contribution in [-0.4, -0.2) is 25.3 Å². The van der Waals surface area contributed by atoms with Crippen molar-refractivity contribution >= 4 is 11.6 Å². The predicted molar refractivity (Wildman–Crippen MR) is 90.0 cm³/mol. The maximum atomic E-state index is 5.97. The van der Waals surface area contributed by atoms with Crippen molar-refractivity contribution in [3.8, 4) is 0 Å². The summed E-state index contributed by atoms with van der Waals surface area (Å²) >= 11 is 5.97. The maximum Gasteiger partial charge on any atom is 0.0576 e. The Morgan fingerprint density at radius 3 is 2.67 bits per heavy atom. The molecule has 1 aliphatic rings. The SMILES string of the molecule is CC(C)NCC(CCC1CCCO1)Cc1ccc(Cl)cc1. The Balaban J connectivity index is 1.85. The quantitative estimate of drug-likeness (QED) is 0.765. The number of halogens is 1. The molecule has 1 aromatic rings. The fourth-order valence-electron chi connectivity index (χ4n) is 2.93. The Hall–Kier alpha value is -0.570. The average Bonchev–Trinajstić information content (AvgIpc) is 2.97. The van der Waals surface area contributed by atoms with Crippen molar-refractivity contribution in [3.63, 3.8) is 0 Å². The summed E-state index contributed by atoms with van der Waals surface area (Å²) in [7, 11) is 0. The average molecular weight is 310 g/mol. The van der Waals surface area contributed by atoms with Crippen molar-refractivity contribution in [2.45, 2.75) is 58.1 Å². The summed E-state index contributed by atoms with van der Waals surface area (Å²) in [5.74, 6) is 0.665. The van der Waals surface area contributed by atoms with Gasteiger partial charge in [0.1, 0.15) is 0 Å². The number of nitrogens with one attached hydrogen (secondary N) is 1. The van der Waals surface area contributed by atoms with Crippen LogP contribution in [0.5, 0.6) is 0 Å². The van der Waals surface area contributed by atoms with Gasteiger partial charge in [0.15, 0.2) is 0 Å². The highest BCUT2D eigenvalue weighted by atomic mass is 35.5. The van der Waals surface area contributed by atoms with E-state index in [4.69, 9.17) is 16.3 Å². The molecule has 0 spiro atoms. The van der Waals surface area contributed by atoms with E-state index in [-0.39, 0.29) is 0 Å². The van der Waals surface area contributed by atoms with Crippen molar-refractivity contribution < 1.29 is 4.74 Å². The van der Waals surface area contributed by atoms with E-state index >= 15 is 0 Å². The van der Waals surface area contributed by atoms with Gasteiger partial charge in [-0.3, -0.25) is 0 Å². The Morgan fingerprint density at radius 2 is 2.05 bits per heavy atom. The van der Waals surface area contributed by atoms with Gasteiger partial charge in [-0.05, 0) is 62.3 Å². The second kappa shape index (κ2) is 8.77. The molecule has 118 valence electrons. The Morgan fingerprint density at radius 1 is 1.29 bits per heavy atom. The molecule has 3 heteroatoms. The lowest BCUT2D eigenvalue weighted by Crippen LogP contribution is -2.30. The molecule has 1 heterocycles. The number of hydrogen-bond acceptors (Lipinski definition) is 2. The second-order valence-electron chi connectivity index (χ2n) is 6.47. The monoisotopic (exact) mass is 309 g/mol. The number of ether oxygens (including phenoxy) is 1. The zero-order chi connectivity index (χ0) is 15.1. The molecule has 1 fully saturated rings. The van der Waals surface area contributed by atoms with Crippen LogP contribution in [0.1, 0.15) is 45.1 Å². The molecule has 2 rings (SSSR count). The molecule has 1 saturated heterocycles. The van der Waals surface area contributed by atoms with Crippen molar-refractivity contribution in [2.75, 3.05) is 13.2 Å². The summed E-state index contributed by atoms with van der Waals surface area (Å²) in [5, 5.41) is 4.40. The lowest BCUT2D eigenvalue weighted by atomic mass is 9.92. The minimum atomic E-state index is 0.497. The van der Waals surface area contributed by atoms with Crippen LogP contribution in [0.2, 0.25) is 5.02 Å². The summed E-state index contributed by atoms with van der Waals surface area (Å²) in [5.41, 5.74) is 1.38. The number of benzene rings is 1. The van der Waals surface area contributed by atoms with Crippen LogP contribution in [0, 0.1) is 5.92 Å². The molecule has 0 aromatic heterocycles. The highest BCUT2D eigenvalue weighted by molar-refractivity contribution is 6.30. The van der Waals surface area contributed by atoms with E-state index in [9.17, 15) is 0 Å². The van der Waals surface area contributed by atoms with Gasteiger partial charge in [-0.25, -0.2) is 0 Å². The van der Waals surface area contributed by atoms with Gasteiger partial charge in [0.25, 0.3) is 0 Å². The van der Waals surface area contributed by atoms with E-state index in [0.29, 0.717) is 18.1 Å². The van der Waals surface area contributed by atoms with Gasteiger partial charge in [-0.2, -0.15) is 0 Å². The molecule has 2 atom stereocenters. The molecule has 0 radical (unpaired) electrons. The molecule has 2 nitrogen and oxygen atoms in total. The summed E-state index contributed by atoms with van der Waals surface area (Å²) in [6.45, 7) is 6.45. The second-order valence-corrected chi connectivity index (χ2v) is 6.91. The normalized spacial score (nSPS) is 20.1. The first-order valence-electron chi connectivity index (χ1n) is 8.23. The van der Waals surface area contributed by atoms with E-state index in [1.165, 1.54) is 31.2 Å². The van der Waals surface area contributed by atoms with Crippen LogP contribution in [0.4, 0.5) is 0 Å². The zero-order valence-electron chi connectivity index (χ0n) is 13.3. The molecule has 1 aromatic carbocycles. The lowest BCUT2D eigenvalue weighted by molar-refractivity contribution is 0.0978. The summed E-state index contributed by atoms with van der Waals surface area (Å²) in [6, 6.07) is 8.82. The van der Waals surface area contributed by atoms with Gasteiger partial charge in [0, 0.05) is 17.7 Å². The molecule has 0 aliphatic carbocycles. The van der Waals surface area contributed by atoms with Crippen LogP contribution < -0.4 is 5.32 Å². The van der Waals surface area contributed by atoms with Gasteiger partial charge in [-0.15, -0.1) is 0 Å². The Bertz CT molecular complexity index is 398. The third-order valence-electron chi connectivity index (χ3n) is 4.17. The van der Waals surface area contributed by atoms with Crippen LogP contribution in [0.25, 0.3) is 0 Å². The summed E-state index contributed by atoms with van der Waals surface area (Å²) in [4.78, 5) is 0. The van der Waals surface area contributed by atoms with Gasteiger partial charge in [0.05, 0.1) is 6.10 Å². The molecule has 2 unspecified atom stereocenters. The largest absolute Gasteiger partial charge is 0.378 e. The van der Waals surface area contributed by atoms with Crippen LogP contribution in [0.15, 0.2) is 24.3 Å². The molecule has 21 heavy (non-hydrogen) atoms. The van der Waals surface area contributed by atoms with E-state index in [2.05, 4.69) is 31.3 Å². The Kier molecular flexibility index (Phi) is 7.01. The number of rotatable bonds is 8. The minimum Gasteiger partial charge on any atom is -0.378 e. The first-order valence-corrected chi connectivity index (χ1v) is 8.60. The van der Waals surface area contributed by atoms with Crippen LogP contribution in [-0.2, 0) is 11.2 Å². The smallest absolute Gasteiger partial charge is 0.0576 e. The third-order valence-corrected chi connectivity index (χ3v) is 4.43. The molecular formula is C18H28ClNO. The van der Waals surface area contributed by atoms with Crippen molar-refractivity contribution in [1.82, 2.24) is 5.32 Å². The molecule has 1 aliphatic heterocycles. The van der Waals surface area contributed by atoms with Gasteiger partial charge in [-0.1, -0.05) is 37.6 Å². The zero-order valence-corrected chi connectivity index (χ0v) is 14.0. The van der Waals surface area contributed by atoms with Crippen LogP contribution >= 0.6 is 11.6 Å². The fourth-order valence-corrected chi connectivity index (χ4v) is 3.05.